The number of hydrogen-bond acceptors (Lipinski definition) is 2. The molecule has 0 bridgehead atoms. The quantitative estimate of drug-likeness (QED) is 0.893. The molecular weight excluding hydrogens is 306 g/mol. The molecule has 1 aliphatic rings. The standard InChI is InChI=1S/C14H22BrN3O/c1-10(2)18(9-11-4-3-5-16-7-11)14(19)13-6-12(15)8-17-13/h6,8,10-11,16-17H,3-5,7,9H2,1-2H3. The van der Waals surface area contributed by atoms with E-state index >= 15 is 0 Å². The fraction of sp³-hybridized carbons (Fsp3) is 0.643. The van der Waals surface area contributed by atoms with Gasteiger partial charge in [0.1, 0.15) is 5.69 Å². The number of nitrogens with one attached hydrogen (secondary N) is 2. The van der Waals surface area contributed by atoms with E-state index in [-0.39, 0.29) is 11.9 Å². The number of carbonyl (C=O) groups excluding carboxylic acids is 1. The van der Waals surface area contributed by atoms with Crippen molar-refractivity contribution in [2.45, 2.75) is 32.7 Å². The Kier molecular flexibility index (Phi) is 5.05. The lowest BCUT2D eigenvalue weighted by molar-refractivity contribution is 0.0655. The summed E-state index contributed by atoms with van der Waals surface area (Å²) in [5.74, 6) is 0.657. The second kappa shape index (κ2) is 6.57. The number of aromatic nitrogens is 1. The topological polar surface area (TPSA) is 48.1 Å². The molecule has 5 heteroatoms. The Morgan fingerprint density at radius 2 is 2.37 bits per heavy atom. The molecule has 1 unspecified atom stereocenters. The first-order valence-corrected chi connectivity index (χ1v) is 7.73. The lowest BCUT2D eigenvalue weighted by Crippen LogP contribution is -2.44. The van der Waals surface area contributed by atoms with Gasteiger partial charge in [0.2, 0.25) is 0 Å². The Morgan fingerprint density at radius 3 is 2.89 bits per heavy atom. The number of hydrogen-bond donors (Lipinski definition) is 2. The minimum Gasteiger partial charge on any atom is -0.356 e. The number of nitrogens with zero attached hydrogens (tertiary/aromatic N) is 1. The van der Waals surface area contributed by atoms with Crippen molar-refractivity contribution in [3.8, 4) is 0 Å². The van der Waals surface area contributed by atoms with Crippen LogP contribution in [0.4, 0.5) is 0 Å². The monoisotopic (exact) mass is 327 g/mol. The fourth-order valence-electron chi connectivity index (χ4n) is 2.53. The van der Waals surface area contributed by atoms with Gasteiger partial charge in [0.15, 0.2) is 0 Å². The Hall–Kier alpha value is -0.810. The average Bonchev–Trinajstić information content (AvgIpc) is 2.83. The van der Waals surface area contributed by atoms with E-state index in [1.54, 1.807) is 6.20 Å². The number of amides is 1. The predicted octanol–water partition coefficient (Wildman–Crippen LogP) is 2.63. The van der Waals surface area contributed by atoms with Crippen molar-refractivity contribution in [2.24, 2.45) is 5.92 Å². The summed E-state index contributed by atoms with van der Waals surface area (Å²) in [6, 6.07) is 2.06. The molecule has 106 valence electrons. The van der Waals surface area contributed by atoms with E-state index in [1.807, 2.05) is 11.0 Å². The Labute approximate surface area is 123 Å². The van der Waals surface area contributed by atoms with Gasteiger partial charge in [-0.1, -0.05) is 0 Å². The highest BCUT2D eigenvalue weighted by molar-refractivity contribution is 9.10. The van der Waals surface area contributed by atoms with Gasteiger partial charge in [0.05, 0.1) is 0 Å². The second-order valence-corrected chi connectivity index (χ2v) is 6.41. The van der Waals surface area contributed by atoms with Crippen LogP contribution in [0.15, 0.2) is 16.7 Å². The summed E-state index contributed by atoms with van der Waals surface area (Å²) in [6.07, 6.45) is 4.21. The maximum atomic E-state index is 12.5. The summed E-state index contributed by atoms with van der Waals surface area (Å²) in [7, 11) is 0. The van der Waals surface area contributed by atoms with Crippen molar-refractivity contribution >= 4 is 21.8 Å². The van der Waals surface area contributed by atoms with E-state index in [4.69, 9.17) is 0 Å². The highest BCUT2D eigenvalue weighted by Crippen LogP contribution is 2.17. The molecule has 0 spiro atoms. The van der Waals surface area contributed by atoms with Crippen LogP contribution in [0.3, 0.4) is 0 Å². The van der Waals surface area contributed by atoms with Gasteiger partial charge in [-0.15, -0.1) is 0 Å². The molecule has 1 aromatic heterocycles. The van der Waals surface area contributed by atoms with Crippen molar-refractivity contribution in [3.05, 3.63) is 22.4 Å². The molecule has 1 aliphatic heterocycles. The lowest BCUT2D eigenvalue weighted by Gasteiger charge is -2.32. The van der Waals surface area contributed by atoms with Crippen molar-refractivity contribution in [3.63, 3.8) is 0 Å². The molecule has 4 nitrogen and oxygen atoms in total. The molecule has 1 atom stereocenters. The third-order valence-electron chi connectivity index (χ3n) is 3.62. The SMILES string of the molecule is CC(C)N(CC1CCCNC1)C(=O)c1cc(Br)c[nH]1. The number of aromatic amines is 1. The van der Waals surface area contributed by atoms with E-state index < -0.39 is 0 Å². The highest BCUT2D eigenvalue weighted by atomic mass is 79.9. The van der Waals surface area contributed by atoms with Crippen LogP contribution >= 0.6 is 15.9 Å². The van der Waals surface area contributed by atoms with Gasteiger partial charge in [-0.05, 0) is 67.7 Å². The molecule has 0 aromatic carbocycles. The van der Waals surface area contributed by atoms with E-state index in [1.165, 1.54) is 12.8 Å². The molecule has 1 amide bonds. The van der Waals surface area contributed by atoms with Crippen LogP contribution in [-0.2, 0) is 0 Å². The molecule has 1 aromatic rings. The number of rotatable bonds is 4. The van der Waals surface area contributed by atoms with Gasteiger partial charge < -0.3 is 15.2 Å². The lowest BCUT2D eigenvalue weighted by atomic mass is 9.98. The molecule has 0 aliphatic carbocycles. The van der Waals surface area contributed by atoms with Gasteiger partial charge in [0, 0.05) is 23.3 Å². The Balaban J connectivity index is 2.04. The predicted molar refractivity (Wildman–Crippen MR) is 80.3 cm³/mol. The largest absolute Gasteiger partial charge is 0.356 e. The number of H-pyrrole nitrogens is 1. The Bertz CT molecular complexity index is 424. The molecule has 2 heterocycles. The maximum absolute atomic E-state index is 12.5. The van der Waals surface area contributed by atoms with Gasteiger partial charge in [-0.2, -0.15) is 0 Å². The third kappa shape index (κ3) is 3.83. The van der Waals surface area contributed by atoms with Crippen LogP contribution in [0.5, 0.6) is 0 Å². The number of piperidine rings is 1. The van der Waals surface area contributed by atoms with Crippen molar-refractivity contribution < 1.29 is 4.79 Å². The first-order valence-electron chi connectivity index (χ1n) is 6.93. The third-order valence-corrected chi connectivity index (χ3v) is 4.07. The maximum Gasteiger partial charge on any atom is 0.270 e. The molecule has 1 saturated heterocycles. The zero-order chi connectivity index (χ0) is 13.8. The van der Waals surface area contributed by atoms with E-state index in [0.29, 0.717) is 11.6 Å². The van der Waals surface area contributed by atoms with Gasteiger partial charge >= 0.3 is 0 Å². The van der Waals surface area contributed by atoms with E-state index in [9.17, 15) is 4.79 Å². The minimum atomic E-state index is 0.0891. The zero-order valence-corrected chi connectivity index (χ0v) is 13.2. The smallest absolute Gasteiger partial charge is 0.270 e. The summed E-state index contributed by atoms with van der Waals surface area (Å²) >= 11 is 3.37. The normalized spacial score (nSPS) is 19.7. The van der Waals surface area contributed by atoms with Gasteiger partial charge in [-0.25, -0.2) is 0 Å². The van der Waals surface area contributed by atoms with Crippen molar-refractivity contribution in [1.82, 2.24) is 15.2 Å². The summed E-state index contributed by atoms with van der Waals surface area (Å²) in [5.41, 5.74) is 0.657. The molecule has 0 saturated carbocycles. The molecule has 2 rings (SSSR count). The fourth-order valence-corrected chi connectivity index (χ4v) is 2.88. The number of carbonyl (C=O) groups is 1. The zero-order valence-electron chi connectivity index (χ0n) is 11.6. The average molecular weight is 328 g/mol. The van der Waals surface area contributed by atoms with Crippen LogP contribution in [0.25, 0.3) is 0 Å². The van der Waals surface area contributed by atoms with E-state index in [0.717, 1.165) is 24.1 Å². The van der Waals surface area contributed by atoms with Crippen molar-refractivity contribution in [2.75, 3.05) is 19.6 Å². The van der Waals surface area contributed by atoms with Crippen LogP contribution in [0.2, 0.25) is 0 Å². The highest BCUT2D eigenvalue weighted by Gasteiger charge is 2.24. The van der Waals surface area contributed by atoms with Crippen LogP contribution in [0, 0.1) is 5.92 Å². The molecule has 0 radical (unpaired) electrons. The molecular formula is C14H22BrN3O. The Morgan fingerprint density at radius 1 is 1.58 bits per heavy atom. The van der Waals surface area contributed by atoms with Crippen LogP contribution in [0.1, 0.15) is 37.2 Å². The summed E-state index contributed by atoms with van der Waals surface area (Å²) < 4.78 is 0.916. The van der Waals surface area contributed by atoms with Crippen LogP contribution in [-0.4, -0.2) is 41.5 Å². The molecule has 19 heavy (non-hydrogen) atoms. The van der Waals surface area contributed by atoms with E-state index in [2.05, 4.69) is 40.1 Å². The molecule has 1 fully saturated rings. The first kappa shape index (κ1) is 14.6. The van der Waals surface area contributed by atoms with Gasteiger partial charge in [-0.3, -0.25) is 4.79 Å². The number of halogens is 1. The van der Waals surface area contributed by atoms with Crippen molar-refractivity contribution in [1.29, 1.82) is 0 Å². The van der Waals surface area contributed by atoms with Gasteiger partial charge in [0.25, 0.3) is 5.91 Å². The second-order valence-electron chi connectivity index (χ2n) is 5.50. The summed E-state index contributed by atoms with van der Waals surface area (Å²) in [5, 5.41) is 3.41. The minimum absolute atomic E-state index is 0.0891. The summed E-state index contributed by atoms with van der Waals surface area (Å²) in [6.45, 7) is 7.11. The molecule has 2 N–H and O–H groups in total. The first-order chi connectivity index (χ1) is 9.08. The summed E-state index contributed by atoms with van der Waals surface area (Å²) in [4.78, 5) is 17.5. The van der Waals surface area contributed by atoms with Crippen LogP contribution < -0.4 is 5.32 Å².